The van der Waals surface area contributed by atoms with Gasteiger partial charge in [0, 0.05) is 5.56 Å². The molecule has 0 aliphatic carbocycles. The molecule has 7 heteroatoms. The number of para-hydroxylation sites is 1. The monoisotopic (exact) mass is 391 g/mol. The number of hydrogen-bond donors (Lipinski definition) is 1. The average Bonchev–Trinajstić information content (AvgIpc) is 2.62. The molecule has 0 fully saturated rings. The van der Waals surface area contributed by atoms with Gasteiger partial charge in [-0.1, -0.05) is 36.1 Å². The van der Waals surface area contributed by atoms with Crippen LogP contribution in [0.1, 0.15) is 11.1 Å². The first-order chi connectivity index (χ1) is 12.9. The third kappa shape index (κ3) is 6.85. The summed E-state index contributed by atoms with van der Waals surface area (Å²) in [5, 5.41) is 0. The van der Waals surface area contributed by atoms with Gasteiger partial charge in [0.1, 0.15) is 24.0 Å². The van der Waals surface area contributed by atoms with Gasteiger partial charge in [-0.25, -0.2) is 21.9 Å². The van der Waals surface area contributed by atoms with Gasteiger partial charge in [0.15, 0.2) is 0 Å². The topological polar surface area (TPSA) is 55.4 Å². The van der Waals surface area contributed by atoms with Crippen LogP contribution in [0.4, 0.5) is 8.78 Å². The van der Waals surface area contributed by atoms with Crippen molar-refractivity contribution < 1.29 is 21.9 Å². The fourth-order valence-corrected chi connectivity index (χ4v) is 3.28. The smallest absolute Gasteiger partial charge is 0.216 e. The maximum atomic E-state index is 13.5. The van der Waals surface area contributed by atoms with Gasteiger partial charge in [-0.2, -0.15) is 0 Å². The number of hydrogen-bond acceptors (Lipinski definition) is 3. The van der Waals surface area contributed by atoms with E-state index in [1.165, 1.54) is 0 Å². The van der Waals surface area contributed by atoms with E-state index in [0.29, 0.717) is 12.2 Å². The van der Waals surface area contributed by atoms with E-state index in [2.05, 4.69) is 23.1 Å². The van der Waals surface area contributed by atoms with E-state index in [1.54, 1.807) is 6.08 Å². The first kappa shape index (κ1) is 20.6. The second-order valence-corrected chi connectivity index (χ2v) is 7.37. The molecule has 0 amide bonds. The molecule has 27 heavy (non-hydrogen) atoms. The molecule has 0 aliphatic rings. The van der Waals surface area contributed by atoms with Crippen molar-refractivity contribution in [2.24, 2.45) is 0 Å². The normalized spacial score (nSPS) is 10.7. The van der Waals surface area contributed by atoms with Crippen molar-refractivity contribution in [3.8, 4) is 17.6 Å². The number of ether oxygens (including phenoxy) is 1. The Morgan fingerprint density at radius 1 is 1.11 bits per heavy atom. The summed E-state index contributed by atoms with van der Waals surface area (Å²) in [6, 6.07) is 10.2. The number of halogens is 2. The molecule has 2 aromatic rings. The Labute approximate surface area is 157 Å². The van der Waals surface area contributed by atoms with Crippen molar-refractivity contribution in [1.82, 2.24) is 4.72 Å². The van der Waals surface area contributed by atoms with Gasteiger partial charge in [0.05, 0.1) is 12.3 Å². The fraction of sp³-hybridized carbons (Fsp3) is 0.200. The molecular formula is C20H19F2NO3S. The number of rotatable bonds is 8. The van der Waals surface area contributed by atoms with Crippen LogP contribution in [0, 0.1) is 23.5 Å². The molecule has 2 rings (SSSR count). The van der Waals surface area contributed by atoms with Crippen LogP contribution in [0.25, 0.3) is 0 Å². The average molecular weight is 391 g/mol. The van der Waals surface area contributed by atoms with Gasteiger partial charge in [-0.05, 0) is 36.2 Å². The van der Waals surface area contributed by atoms with Crippen LogP contribution in [0.5, 0.6) is 5.75 Å². The van der Waals surface area contributed by atoms with E-state index in [4.69, 9.17) is 4.74 Å². The van der Waals surface area contributed by atoms with Crippen molar-refractivity contribution in [2.45, 2.75) is 12.2 Å². The third-order valence-electron chi connectivity index (χ3n) is 3.50. The van der Waals surface area contributed by atoms with Gasteiger partial charge >= 0.3 is 0 Å². The third-order valence-corrected chi connectivity index (χ3v) is 4.77. The van der Waals surface area contributed by atoms with Crippen LogP contribution in [-0.4, -0.2) is 21.6 Å². The molecule has 142 valence electrons. The van der Waals surface area contributed by atoms with E-state index in [9.17, 15) is 17.2 Å². The lowest BCUT2D eigenvalue weighted by Crippen LogP contribution is -2.26. The highest BCUT2D eigenvalue weighted by molar-refractivity contribution is 7.88. The van der Waals surface area contributed by atoms with Crippen molar-refractivity contribution in [3.63, 3.8) is 0 Å². The Bertz CT molecular complexity index is 963. The minimum Gasteiger partial charge on any atom is -0.481 e. The Hall–Kier alpha value is -2.69. The first-order valence-electron chi connectivity index (χ1n) is 8.10. The molecule has 2 aromatic carbocycles. The summed E-state index contributed by atoms with van der Waals surface area (Å²) >= 11 is 0. The summed E-state index contributed by atoms with van der Waals surface area (Å²) in [6.07, 6.45) is 2.43. The van der Waals surface area contributed by atoms with Gasteiger partial charge in [-0.15, -0.1) is 6.58 Å². The second-order valence-electron chi connectivity index (χ2n) is 5.56. The maximum absolute atomic E-state index is 13.5. The van der Waals surface area contributed by atoms with Gasteiger partial charge in [0.25, 0.3) is 0 Å². The van der Waals surface area contributed by atoms with Crippen molar-refractivity contribution >= 4 is 10.0 Å². The molecule has 0 atom stereocenters. The number of sulfonamides is 1. The zero-order chi connectivity index (χ0) is 19.7. The molecule has 0 aliphatic heterocycles. The van der Waals surface area contributed by atoms with E-state index in [-0.39, 0.29) is 18.7 Å². The highest BCUT2D eigenvalue weighted by Crippen LogP contribution is 2.18. The minimum atomic E-state index is -3.84. The van der Waals surface area contributed by atoms with E-state index < -0.39 is 27.4 Å². The molecule has 4 nitrogen and oxygen atoms in total. The van der Waals surface area contributed by atoms with E-state index in [1.807, 2.05) is 24.3 Å². The molecule has 0 saturated heterocycles. The molecule has 0 spiro atoms. The van der Waals surface area contributed by atoms with Crippen LogP contribution < -0.4 is 9.46 Å². The second kappa shape index (κ2) is 9.86. The Kier molecular flexibility index (Phi) is 7.53. The summed E-state index contributed by atoms with van der Waals surface area (Å²) in [6.45, 7) is 3.62. The molecular weight excluding hydrogens is 372 g/mol. The molecule has 0 saturated carbocycles. The van der Waals surface area contributed by atoms with Crippen LogP contribution in [0.15, 0.2) is 55.1 Å². The Balaban J connectivity index is 1.84. The summed E-state index contributed by atoms with van der Waals surface area (Å²) in [5.41, 5.74) is 0.741. The molecule has 0 aromatic heterocycles. The highest BCUT2D eigenvalue weighted by Gasteiger charge is 2.14. The lowest BCUT2D eigenvalue weighted by Gasteiger charge is -2.07. The minimum absolute atomic E-state index is 0.0917. The Morgan fingerprint density at radius 2 is 1.89 bits per heavy atom. The zero-order valence-electron chi connectivity index (χ0n) is 14.5. The van der Waals surface area contributed by atoms with Crippen LogP contribution in [0.3, 0.4) is 0 Å². The molecule has 0 heterocycles. The van der Waals surface area contributed by atoms with Gasteiger partial charge in [0.2, 0.25) is 10.0 Å². The fourth-order valence-electron chi connectivity index (χ4n) is 2.25. The lowest BCUT2D eigenvalue weighted by atomic mass is 10.1. The maximum Gasteiger partial charge on any atom is 0.216 e. The Morgan fingerprint density at radius 3 is 2.67 bits per heavy atom. The van der Waals surface area contributed by atoms with Crippen LogP contribution >= 0.6 is 0 Å². The van der Waals surface area contributed by atoms with Crippen molar-refractivity contribution in [1.29, 1.82) is 0 Å². The molecule has 0 unspecified atom stereocenters. The molecule has 0 radical (unpaired) electrons. The number of nitrogens with one attached hydrogen (secondary N) is 1. The van der Waals surface area contributed by atoms with Crippen molar-refractivity contribution in [2.75, 3.05) is 13.2 Å². The highest BCUT2D eigenvalue weighted by atomic mass is 32.2. The SMILES string of the molecule is C=CCc1ccccc1OCC#CCNS(=O)(=O)Cc1cc(F)ccc1F. The standard InChI is InChI=1S/C20H19F2NO3S/c1-2-7-16-8-3-4-9-20(16)26-13-6-5-12-23-27(24,25)15-17-14-18(21)10-11-19(17)22/h2-4,8-11,14,23H,1,7,12-13,15H2. The zero-order valence-corrected chi connectivity index (χ0v) is 15.4. The summed E-state index contributed by atoms with van der Waals surface area (Å²) < 4.78 is 58.3. The predicted molar refractivity (Wildman–Crippen MR) is 101 cm³/mol. The lowest BCUT2D eigenvalue weighted by molar-refractivity contribution is 0.366. The van der Waals surface area contributed by atoms with Crippen molar-refractivity contribution in [3.05, 3.63) is 77.9 Å². The van der Waals surface area contributed by atoms with Gasteiger partial charge < -0.3 is 4.74 Å². The largest absolute Gasteiger partial charge is 0.481 e. The van der Waals surface area contributed by atoms with E-state index >= 15 is 0 Å². The quantitative estimate of drug-likeness (QED) is 0.555. The summed E-state index contributed by atoms with van der Waals surface area (Å²) in [5.74, 6) is 3.87. The summed E-state index contributed by atoms with van der Waals surface area (Å²) in [7, 11) is -3.84. The molecule has 1 N–H and O–H groups in total. The number of allylic oxidation sites excluding steroid dienone is 1. The first-order valence-corrected chi connectivity index (χ1v) is 9.75. The summed E-state index contributed by atoms with van der Waals surface area (Å²) in [4.78, 5) is 0. The van der Waals surface area contributed by atoms with Crippen LogP contribution in [0.2, 0.25) is 0 Å². The van der Waals surface area contributed by atoms with Crippen LogP contribution in [-0.2, 0) is 22.2 Å². The van der Waals surface area contributed by atoms with E-state index in [0.717, 1.165) is 23.8 Å². The van der Waals surface area contributed by atoms with Gasteiger partial charge in [-0.3, -0.25) is 0 Å². The predicted octanol–water partition coefficient (Wildman–Crippen LogP) is 3.20. The number of benzene rings is 2. The molecule has 0 bridgehead atoms.